The van der Waals surface area contributed by atoms with Crippen LogP contribution in [0, 0.1) is 19.8 Å². The number of rotatable bonds is 4. The summed E-state index contributed by atoms with van der Waals surface area (Å²) in [4.78, 5) is 23.4. The van der Waals surface area contributed by atoms with Crippen molar-refractivity contribution in [2.24, 2.45) is 11.7 Å². The third-order valence-electron chi connectivity index (χ3n) is 3.14. The first-order valence-electron chi connectivity index (χ1n) is 6.11. The first kappa shape index (κ1) is 15.2. The predicted octanol–water partition coefficient (Wildman–Crippen LogP) is 1.62. The fourth-order valence-electron chi connectivity index (χ4n) is 1.63. The third kappa shape index (κ3) is 3.54. The molecule has 0 saturated carbocycles. The Labute approximate surface area is 113 Å². The van der Waals surface area contributed by atoms with Gasteiger partial charge in [-0.25, -0.2) is 4.79 Å². The average Bonchev–Trinajstić information content (AvgIpc) is 2.40. The maximum Gasteiger partial charge on any atom is 0.338 e. The van der Waals surface area contributed by atoms with Crippen molar-refractivity contribution in [1.82, 2.24) is 0 Å². The molecule has 0 aliphatic rings. The fraction of sp³-hybridized carbons (Fsp3) is 0.429. The Balaban J connectivity index is 3.07. The van der Waals surface area contributed by atoms with E-state index in [4.69, 9.17) is 10.5 Å². The first-order valence-corrected chi connectivity index (χ1v) is 6.11. The van der Waals surface area contributed by atoms with E-state index in [-0.39, 0.29) is 18.4 Å². The van der Waals surface area contributed by atoms with Crippen LogP contribution in [-0.2, 0) is 9.53 Å². The van der Waals surface area contributed by atoms with E-state index in [1.54, 1.807) is 13.0 Å². The zero-order valence-corrected chi connectivity index (χ0v) is 11.7. The molecule has 0 aliphatic carbocycles. The van der Waals surface area contributed by atoms with Gasteiger partial charge in [0.1, 0.15) is 0 Å². The number of carbonyl (C=O) groups excluding carboxylic acids is 2. The van der Waals surface area contributed by atoms with Gasteiger partial charge in [0, 0.05) is 18.2 Å². The van der Waals surface area contributed by atoms with Crippen LogP contribution >= 0.6 is 0 Å². The van der Waals surface area contributed by atoms with E-state index in [1.807, 2.05) is 19.9 Å². The Hall–Kier alpha value is -1.88. The van der Waals surface area contributed by atoms with E-state index in [2.05, 4.69) is 5.32 Å². The van der Waals surface area contributed by atoms with Crippen molar-refractivity contribution in [3.63, 3.8) is 0 Å². The lowest BCUT2D eigenvalue weighted by Crippen LogP contribution is -2.26. The molecule has 1 atom stereocenters. The number of methoxy groups -OCH3 is 1. The molecule has 1 aromatic rings. The Morgan fingerprint density at radius 1 is 1.37 bits per heavy atom. The molecule has 0 radical (unpaired) electrons. The molecule has 0 aliphatic heterocycles. The molecule has 104 valence electrons. The van der Waals surface area contributed by atoms with Crippen LogP contribution in [0.4, 0.5) is 5.69 Å². The number of benzene rings is 1. The van der Waals surface area contributed by atoms with Crippen molar-refractivity contribution < 1.29 is 14.3 Å². The van der Waals surface area contributed by atoms with Gasteiger partial charge in [0.25, 0.3) is 0 Å². The van der Waals surface area contributed by atoms with E-state index >= 15 is 0 Å². The van der Waals surface area contributed by atoms with Crippen LogP contribution in [0.15, 0.2) is 12.1 Å². The average molecular weight is 264 g/mol. The highest BCUT2D eigenvalue weighted by molar-refractivity contribution is 5.96. The number of aryl methyl sites for hydroxylation is 1. The lowest BCUT2D eigenvalue weighted by Gasteiger charge is -2.13. The highest BCUT2D eigenvalue weighted by atomic mass is 16.5. The van der Waals surface area contributed by atoms with Gasteiger partial charge in [0.05, 0.1) is 12.7 Å². The highest BCUT2D eigenvalue weighted by Gasteiger charge is 2.15. The first-order chi connectivity index (χ1) is 8.90. The van der Waals surface area contributed by atoms with Crippen LogP contribution in [0.5, 0.6) is 0 Å². The van der Waals surface area contributed by atoms with Crippen molar-refractivity contribution in [2.45, 2.75) is 20.8 Å². The van der Waals surface area contributed by atoms with Gasteiger partial charge >= 0.3 is 5.97 Å². The monoisotopic (exact) mass is 264 g/mol. The molecule has 0 saturated heterocycles. The van der Waals surface area contributed by atoms with E-state index in [1.165, 1.54) is 7.11 Å². The number of amides is 1. The van der Waals surface area contributed by atoms with E-state index in [0.717, 1.165) is 11.1 Å². The lowest BCUT2D eigenvalue weighted by atomic mass is 10.0. The Kier molecular flexibility index (Phi) is 5.06. The molecular weight excluding hydrogens is 244 g/mol. The van der Waals surface area contributed by atoms with Crippen molar-refractivity contribution in [3.8, 4) is 0 Å². The molecule has 0 heterocycles. The standard InChI is InChI=1S/C14H20N2O3/c1-8-5-11(16-13(17)9(2)7-15)6-12(10(8)3)14(18)19-4/h5-6,9H,7,15H2,1-4H3,(H,16,17). The summed E-state index contributed by atoms with van der Waals surface area (Å²) in [5.41, 5.74) is 8.24. The molecule has 0 spiro atoms. The zero-order valence-electron chi connectivity index (χ0n) is 11.7. The number of nitrogens with one attached hydrogen (secondary N) is 1. The van der Waals surface area contributed by atoms with E-state index in [9.17, 15) is 9.59 Å². The summed E-state index contributed by atoms with van der Waals surface area (Å²) in [7, 11) is 1.33. The van der Waals surface area contributed by atoms with E-state index in [0.29, 0.717) is 11.3 Å². The molecule has 19 heavy (non-hydrogen) atoms. The number of nitrogens with two attached hydrogens (primary N) is 1. The Bertz CT molecular complexity index is 498. The number of anilines is 1. The Morgan fingerprint density at radius 2 is 2.00 bits per heavy atom. The summed E-state index contributed by atoms with van der Waals surface area (Å²) < 4.78 is 4.73. The number of hydrogen-bond donors (Lipinski definition) is 2. The van der Waals surface area contributed by atoms with Gasteiger partial charge in [0.2, 0.25) is 5.91 Å². The van der Waals surface area contributed by atoms with Gasteiger partial charge < -0.3 is 15.8 Å². The largest absolute Gasteiger partial charge is 0.465 e. The molecule has 3 N–H and O–H groups in total. The molecule has 1 aromatic carbocycles. The van der Waals surface area contributed by atoms with Crippen molar-refractivity contribution in [2.75, 3.05) is 19.0 Å². The lowest BCUT2D eigenvalue weighted by molar-refractivity contribution is -0.119. The molecule has 0 fully saturated rings. The summed E-state index contributed by atoms with van der Waals surface area (Å²) in [6.07, 6.45) is 0. The number of hydrogen-bond acceptors (Lipinski definition) is 4. The summed E-state index contributed by atoms with van der Waals surface area (Å²) in [6.45, 7) is 5.75. The van der Waals surface area contributed by atoms with Gasteiger partial charge in [-0.1, -0.05) is 6.92 Å². The smallest absolute Gasteiger partial charge is 0.338 e. The molecule has 1 unspecified atom stereocenters. The number of carbonyl (C=O) groups is 2. The molecule has 1 rings (SSSR count). The van der Waals surface area contributed by atoms with Gasteiger partial charge in [-0.05, 0) is 37.1 Å². The number of esters is 1. The maximum atomic E-state index is 11.8. The quantitative estimate of drug-likeness (QED) is 0.810. The molecular formula is C14H20N2O3. The molecule has 5 heteroatoms. The molecule has 0 bridgehead atoms. The second-order valence-electron chi connectivity index (χ2n) is 4.58. The van der Waals surface area contributed by atoms with Gasteiger partial charge in [-0.2, -0.15) is 0 Å². The summed E-state index contributed by atoms with van der Waals surface area (Å²) in [5.74, 6) is -0.853. The van der Waals surface area contributed by atoms with Gasteiger partial charge in [-0.3, -0.25) is 4.79 Å². The number of ether oxygens (including phenoxy) is 1. The minimum absolute atomic E-state index is 0.165. The third-order valence-corrected chi connectivity index (χ3v) is 3.14. The topological polar surface area (TPSA) is 81.4 Å². The SMILES string of the molecule is COC(=O)c1cc(NC(=O)C(C)CN)cc(C)c1C. The molecule has 5 nitrogen and oxygen atoms in total. The van der Waals surface area contributed by atoms with Gasteiger partial charge in [0.15, 0.2) is 0 Å². The normalized spacial score (nSPS) is 11.8. The van der Waals surface area contributed by atoms with Crippen LogP contribution in [0.1, 0.15) is 28.4 Å². The molecule has 0 aromatic heterocycles. The Morgan fingerprint density at radius 3 is 2.53 bits per heavy atom. The maximum absolute atomic E-state index is 11.8. The van der Waals surface area contributed by atoms with Gasteiger partial charge in [-0.15, -0.1) is 0 Å². The van der Waals surface area contributed by atoms with Crippen LogP contribution in [0.3, 0.4) is 0 Å². The van der Waals surface area contributed by atoms with Crippen molar-refractivity contribution >= 4 is 17.6 Å². The highest BCUT2D eigenvalue weighted by Crippen LogP contribution is 2.21. The summed E-state index contributed by atoms with van der Waals surface area (Å²) in [5, 5.41) is 2.75. The van der Waals surface area contributed by atoms with Crippen LogP contribution in [-0.4, -0.2) is 25.5 Å². The van der Waals surface area contributed by atoms with Crippen molar-refractivity contribution in [1.29, 1.82) is 0 Å². The predicted molar refractivity (Wildman–Crippen MR) is 74.1 cm³/mol. The van der Waals surface area contributed by atoms with Crippen molar-refractivity contribution in [3.05, 3.63) is 28.8 Å². The summed E-state index contributed by atoms with van der Waals surface area (Å²) >= 11 is 0. The minimum Gasteiger partial charge on any atom is -0.465 e. The van der Waals surface area contributed by atoms with E-state index < -0.39 is 5.97 Å². The molecule has 1 amide bonds. The second-order valence-corrected chi connectivity index (χ2v) is 4.58. The summed E-state index contributed by atoms with van der Waals surface area (Å²) in [6, 6.07) is 3.44. The van der Waals surface area contributed by atoms with Crippen LogP contribution < -0.4 is 11.1 Å². The van der Waals surface area contributed by atoms with Crippen LogP contribution in [0.2, 0.25) is 0 Å². The zero-order chi connectivity index (χ0) is 14.6. The fourth-order valence-corrected chi connectivity index (χ4v) is 1.63. The minimum atomic E-state index is -0.413. The second kappa shape index (κ2) is 6.33. The van der Waals surface area contributed by atoms with Crippen LogP contribution in [0.25, 0.3) is 0 Å².